The Morgan fingerprint density at radius 2 is 2.33 bits per heavy atom. The van der Waals surface area contributed by atoms with E-state index in [9.17, 15) is 8.78 Å². The predicted octanol–water partition coefficient (Wildman–Crippen LogP) is 2.47. The second-order valence-corrected chi connectivity index (χ2v) is 3.28. The summed E-state index contributed by atoms with van der Waals surface area (Å²) in [7, 11) is 0. The van der Waals surface area contributed by atoms with Crippen LogP contribution in [0.1, 0.15) is 13.0 Å². The van der Waals surface area contributed by atoms with Gasteiger partial charge in [0.2, 0.25) is 0 Å². The molecule has 1 aromatic rings. The van der Waals surface area contributed by atoms with Crippen LogP contribution in [0, 0.1) is 0 Å². The smallest absolute Gasteiger partial charge is 0.266 e. The quantitative estimate of drug-likeness (QED) is 0.741. The van der Waals surface area contributed by atoms with Gasteiger partial charge in [-0.25, -0.2) is 13.8 Å². The summed E-state index contributed by atoms with van der Waals surface area (Å²) in [5, 5.41) is 0.215. The molecule has 0 N–H and O–H groups in total. The zero-order chi connectivity index (χ0) is 9.19. The van der Waals surface area contributed by atoms with E-state index in [1.54, 1.807) is 0 Å². The van der Waals surface area contributed by atoms with Gasteiger partial charge in [0.15, 0.2) is 0 Å². The van der Waals surface area contributed by atoms with E-state index in [2.05, 4.69) is 20.9 Å². The van der Waals surface area contributed by atoms with Gasteiger partial charge in [0.1, 0.15) is 6.04 Å². The highest BCUT2D eigenvalue weighted by atomic mass is 79.9. The molecular weight excluding hydrogens is 230 g/mol. The molecule has 12 heavy (non-hydrogen) atoms. The molecule has 0 fully saturated rings. The number of alkyl halides is 3. The maximum absolute atomic E-state index is 12.9. The van der Waals surface area contributed by atoms with Crippen molar-refractivity contribution >= 4 is 15.9 Å². The first kappa shape index (κ1) is 9.64. The van der Waals surface area contributed by atoms with Crippen LogP contribution in [0.15, 0.2) is 18.7 Å². The zero-order valence-corrected chi connectivity index (χ0v) is 8.13. The maximum Gasteiger partial charge on any atom is 0.266 e. The number of hydrogen-bond donors (Lipinski definition) is 0. The molecule has 0 amide bonds. The van der Waals surface area contributed by atoms with E-state index < -0.39 is 12.0 Å². The SMILES string of the molecule is CC(F)(F)C(CBr)n1ccnc1. The lowest BCUT2D eigenvalue weighted by Crippen LogP contribution is -2.28. The van der Waals surface area contributed by atoms with Crippen LogP contribution in [0.2, 0.25) is 0 Å². The van der Waals surface area contributed by atoms with Crippen LogP contribution >= 0.6 is 15.9 Å². The summed E-state index contributed by atoms with van der Waals surface area (Å²) in [6, 6.07) is -0.861. The Morgan fingerprint density at radius 1 is 1.67 bits per heavy atom. The first-order valence-electron chi connectivity index (χ1n) is 3.47. The Bertz CT molecular complexity index is 230. The zero-order valence-electron chi connectivity index (χ0n) is 6.54. The van der Waals surface area contributed by atoms with Gasteiger partial charge < -0.3 is 4.57 Å². The molecule has 0 spiro atoms. The number of imidazole rings is 1. The van der Waals surface area contributed by atoms with Crippen molar-refractivity contribution in [3.05, 3.63) is 18.7 Å². The molecule has 2 nitrogen and oxygen atoms in total. The van der Waals surface area contributed by atoms with E-state index >= 15 is 0 Å². The fraction of sp³-hybridized carbons (Fsp3) is 0.571. The third kappa shape index (κ3) is 2.03. The average Bonchev–Trinajstić information content (AvgIpc) is 2.38. The molecule has 0 saturated carbocycles. The van der Waals surface area contributed by atoms with Crippen LogP contribution in [0.25, 0.3) is 0 Å². The third-order valence-electron chi connectivity index (χ3n) is 1.62. The fourth-order valence-corrected chi connectivity index (χ4v) is 1.83. The second-order valence-electron chi connectivity index (χ2n) is 2.64. The molecular formula is C7H9BrF2N2. The van der Waals surface area contributed by atoms with Crippen LogP contribution in [-0.2, 0) is 0 Å². The third-order valence-corrected chi connectivity index (χ3v) is 2.23. The lowest BCUT2D eigenvalue weighted by atomic mass is 10.2. The minimum absolute atomic E-state index is 0.215. The normalized spacial score (nSPS) is 14.7. The van der Waals surface area contributed by atoms with Gasteiger partial charge >= 0.3 is 0 Å². The number of halogens is 3. The van der Waals surface area contributed by atoms with Crippen LogP contribution < -0.4 is 0 Å². The Labute approximate surface area is 77.7 Å². The molecule has 0 aliphatic carbocycles. The lowest BCUT2D eigenvalue weighted by Gasteiger charge is -2.22. The van der Waals surface area contributed by atoms with Gasteiger partial charge in [-0.05, 0) is 0 Å². The molecule has 0 saturated heterocycles. The maximum atomic E-state index is 12.9. The summed E-state index contributed by atoms with van der Waals surface area (Å²) in [4.78, 5) is 3.71. The molecule has 1 aromatic heterocycles. The standard InChI is InChI=1S/C7H9BrF2N2/c1-7(9,10)6(4-8)12-3-2-11-5-12/h2-3,5-6H,4H2,1H3. The number of rotatable bonds is 3. The van der Waals surface area contributed by atoms with Crippen molar-refractivity contribution in [2.45, 2.75) is 18.9 Å². The van der Waals surface area contributed by atoms with E-state index in [1.807, 2.05) is 0 Å². The molecule has 1 heterocycles. The second kappa shape index (κ2) is 3.51. The first-order chi connectivity index (χ1) is 5.55. The first-order valence-corrected chi connectivity index (χ1v) is 4.59. The monoisotopic (exact) mass is 238 g/mol. The minimum Gasteiger partial charge on any atom is -0.328 e. The summed E-state index contributed by atoms with van der Waals surface area (Å²) in [5.41, 5.74) is 0. The van der Waals surface area contributed by atoms with Crippen LogP contribution in [0.5, 0.6) is 0 Å². The van der Waals surface area contributed by atoms with Crippen molar-refractivity contribution < 1.29 is 8.78 Å². The minimum atomic E-state index is -2.73. The van der Waals surface area contributed by atoms with E-state index in [0.717, 1.165) is 6.92 Å². The van der Waals surface area contributed by atoms with Crippen molar-refractivity contribution in [1.29, 1.82) is 0 Å². The largest absolute Gasteiger partial charge is 0.328 e. The topological polar surface area (TPSA) is 17.8 Å². The van der Waals surface area contributed by atoms with E-state index in [0.29, 0.717) is 0 Å². The Morgan fingerprint density at radius 3 is 2.67 bits per heavy atom. The highest BCUT2D eigenvalue weighted by Crippen LogP contribution is 2.29. The van der Waals surface area contributed by atoms with Crippen LogP contribution in [-0.4, -0.2) is 20.8 Å². The summed E-state index contributed by atoms with van der Waals surface area (Å²) in [5.74, 6) is -2.73. The van der Waals surface area contributed by atoms with Crippen LogP contribution in [0.3, 0.4) is 0 Å². The average molecular weight is 239 g/mol. The summed E-state index contributed by atoms with van der Waals surface area (Å²) in [6.07, 6.45) is 4.41. The molecule has 0 aromatic carbocycles. The van der Waals surface area contributed by atoms with Gasteiger partial charge in [-0.15, -0.1) is 0 Å². The molecule has 0 aliphatic heterocycles. The van der Waals surface area contributed by atoms with Crippen molar-refractivity contribution in [2.24, 2.45) is 0 Å². The van der Waals surface area contributed by atoms with Gasteiger partial charge in [0.25, 0.3) is 5.92 Å². The van der Waals surface area contributed by atoms with Crippen molar-refractivity contribution in [2.75, 3.05) is 5.33 Å². The Balaban J connectivity index is 2.84. The molecule has 0 radical (unpaired) electrons. The van der Waals surface area contributed by atoms with Gasteiger partial charge in [0.05, 0.1) is 6.33 Å². The van der Waals surface area contributed by atoms with Crippen LogP contribution in [0.4, 0.5) is 8.78 Å². The summed E-state index contributed by atoms with van der Waals surface area (Å²) >= 11 is 3.04. The van der Waals surface area contributed by atoms with Gasteiger partial charge in [0, 0.05) is 24.6 Å². The molecule has 0 bridgehead atoms. The highest BCUT2D eigenvalue weighted by molar-refractivity contribution is 9.09. The summed E-state index contributed by atoms with van der Waals surface area (Å²) in [6.45, 7) is 0.902. The van der Waals surface area contributed by atoms with Gasteiger partial charge in [-0.3, -0.25) is 0 Å². The van der Waals surface area contributed by atoms with Crippen molar-refractivity contribution in [3.8, 4) is 0 Å². The molecule has 5 heteroatoms. The van der Waals surface area contributed by atoms with Gasteiger partial charge in [-0.2, -0.15) is 0 Å². The van der Waals surface area contributed by atoms with Gasteiger partial charge in [-0.1, -0.05) is 15.9 Å². The summed E-state index contributed by atoms with van der Waals surface area (Å²) < 4.78 is 27.1. The predicted molar refractivity (Wildman–Crippen MR) is 45.7 cm³/mol. The molecule has 1 atom stereocenters. The highest BCUT2D eigenvalue weighted by Gasteiger charge is 2.34. The molecule has 0 aliphatic rings. The van der Waals surface area contributed by atoms with E-state index in [4.69, 9.17) is 0 Å². The molecule has 1 rings (SSSR count). The number of aromatic nitrogens is 2. The Kier molecular flexibility index (Phi) is 2.82. The Hall–Kier alpha value is -0.450. The molecule has 1 unspecified atom stereocenters. The number of hydrogen-bond acceptors (Lipinski definition) is 1. The number of nitrogens with zero attached hydrogens (tertiary/aromatic N) is 2. The lowest BCUT2D eigenvalue weighted by molar-refractivity contribution is -0.0236. The van der Waals surface area contributed by atoms with E-state index in [-0.39, 0.29) is 5.33 Å². The molecule has 68 valence electrons. The van der Waals surface area contributed by atoms with Crippen molar-refractivity contribution in [3.63, 3.8) is 0 Å². The van der Waals surface area contributed by atoms with Crippen molar-refractivity contribution in [1.82, 2.24) is 9.55 Å². The fourth-order valence-electron chi connectivity index (χ4n) is 0.931. The van der Waals surface area contributed by atoms with E-state index in [1.165, 1.54) is 23.3 Å².